The largest absolute Gasteiger partial charge is 0.378 e. The zero-order chi connectivity index (χ0) is 16.9. The normalized spacial score (nSPS) is 12.4. The van der Waals surface area contributed by atoms with Gasteiger partial charge in [-0.25, -0.2) is 5.43 Å². The molecule has 1 unspecified atom stereocenters. The minimum Gasteiger partial charge on any atom is -0.378 e. The van der Waals surface area contributed by atoms with Gasteiger partial charge >= 0.3 is 0 Å². The van der Waals surface area contributed by atoms with Gasteiger partial charge in [0.05, 0.1) is 6.21 Å². The van der Waals surface area contributed by atoms with E-state index in [-0.39, 0.29) is 0 Å². The Balaban J connectivity index is 1.66. The first-order valence-electron chi connectivity index (χ1n) is 7.39. The standard InChI is InChI=1S/C19H15BrN2O2/c20-17-9-7-15(8-10-17)18(23)19(24)22-21-12-13-5-6-14-3-1-2-4-16(14)11-13/h1-12,18,23H,(H,22,24). The minimum absolute atomic E-state index is 0.511. The van der Waals surface area contributed by atoms with Gasteiger partial charge in [0.1, 0.15) is 0 Å². The van der Waals surface area contributed by atoms with Crippen LogP contribution in [-0.4, -0.2) is 17.2 Å². The number of rotatable bonds is 4. The van der Waals surface area contributed by atoms with Crippen LogP contribution in [0.25, 0.3) is 10.8 Å². The van der Waals surface area contributed by atoms with Gasteiger partial charge in [-0.15, -0.1) is 0 Å². The van der Waals surface area contributed by atoms with Gasteiger partial charge in [-0.1, -0.05) is 64.5 Å². The lowest BCUT2D eigenvalue weighted by molar-refractivity contribution is -0.129. The number of nitrogens with zero attached hydrogens (tertiary/aromatic N) is 1. The number of carbonyl (C=O) groups excluding carboxylic acids is 1. The molecule has 24 heavy (non-hydrogen) atoms. The first-order valence-corrected chi connectivity index (χ1v) is 8.18. The predicted octanol–water partition coefficient (Wildman–Crippen LogP) is 3.79. The third-order valence-corrected chi connectivity index (χ3v) is 4.12. The van der Waals surface area contributed by atoms with Crippen LogP contribution in [0.3, 0.4) is 0 Å². The molecule has 3 aromatic carbocycles. The van der Waals surface area contributed by atoms with Gasteiger partial charge in [0.2, 0.25) is 0 Å². The molecule has 1 amide bonds. The summed E-state index contributed by atoms with van der Waals surface area (Å²) in [5.74, 6) is -0.575. The van der Waals surface area contributed by atoms with E-state index in [1.165, 1.54) is 0 Å². The fourth-order valence-electron chi connectivity index (χ4n) is 2.32. The van der Waals surface area contributed by atoms with Crippen LogP contribution in [0.4, 0.5) is 0 Å². The molecule has 2 N–H and O–H groups in total. The molecule has 5 heteroatoms. The van der Waals surface area contributed by atoms with Gasteiger partial charge in [-0.3, -0.25) is 4.79 Å². The van der Waals surface area contributed by atoms with E-state index in [9.17, 15) is 9.90 Å². The van der Waals surface area contributed by atoms with E-state index in [2.05, 4.69) is 26.5 Å². The number of hydrogen-bond acceptors (Lipinski definition) is 3. The second-order valence-electron chi connectivity index (χ2n) is 5.29. The van der Waals surface area contributed by atoms with Crippen molar-refractivity contribution in [3.63, 3.8) is 0 Å². The summed E-state index contributed by atoms with van der Waals surface area (Å²) >= 11 is 3.31. The van der Waals surface area contributed by atoms with E-state index in [1.54, 1.807) is 30.5 Å². The van der Waals surface area contributed by atoms with Crippen LogP contribution in [0.1, 0.15) is 17.2 Å². The molecular formula is C19H15BrN2O2. The van der Waals surface area contributed by atoms with Crippen molar-refractivity contribution in [2.75, 3.05) is 0 Å². The molecule has 0 aliphatic heterocycles. The second kappa shape index (κ2) is 7.38. The Labute approximate surface area is 148 Å². The zero-order valence-corrected chi connectivity index (χ0v) is 14.3. The van der Waals surface area contributed by atoms with Crippen LogP contribution in [0.5, 0.6) is 0 Å². The van der Waals surface area contributed by atoms with E-state index in [0.29, 0.717) is 5.56 Å². The summed E-state index contributed by atoms with van der Waals surface area (Å²) in [6.07, 6.45) is 0.297. The number of amides is 1. The molecule has 1 atom stereocenters. The van der Waals surface area contributed by atoms with Crippen molar-refractivity contribution in [1.29, 1.82) is 0 Å². The maximum Gasteiger partial charge on any atom is 0.273 e. The van der Waals surface area contributed by atoms with Gasteiger partial charge in [-0.2, -0.15) is 5.10 Å². The summed E-state index contributed by atoms with van der Waals surface area (Å²) in [4.78, 5) is 11.9. The maximum atomic E-state index is 11.9. The van der Waals surface area contributed by atoms with E-state index >= 15 is 0 Å². The quantitative estimate of drug-likeness (QED) is 0.532. The number of aliphatic hydroxyl groups excluding tert-OH is 1. The molecule has 0 spiro atoms. The number of benzene rings is 3. The highest BCUT2D eigenvalue weighted by Crippen LogP contribution is 2.17. The Bertz CT molecular complexity index is 891. The van der Waals surface area contributed by atoms with Crippen molar-refractivity contribution in [2.45, 2.75) is 6.10 Å². The average Bonchev–Trinajstić information content (AvgIpc) is 2.61. The molecular weight excluding hydrogens is 368 g/mol. The molecule has 0 fully saturated rings. The van der Waals surface area contributed by atoms with Crippen molar-refractivity contribution >= 4 is 38.8 Å². The van der Waals surface area contributed by atoms with E-state index in [0.717, 1.165) is 20.8 Å². The summed E-state index contributed by atoms with van der Waals surface area (Å²) in [5.41, 5.74) is 3.74. The number of hydrogen-bond donors (Lipinski definition) is 2. The summed E-state index contributed by atoms with van der Waals surface area (Å²) < 4.78 is 0.883. The molecule has 0 aliphatic rings. The topological polar surface area (TPSA) is 61.7 Å². The molecule has 4 nitrogen and oxygen atoms in total. The van der Waals surface area contributed by atoms with Gasteiger partial charge < -0.3 is 5.11 Å². The molecule has 0 radical (unpaired) electrons. The van der Waals surface area contributed by atoms with Crippen molar-refractivity contribution < 1.29 is 9.90 Å². The molecule has 3 rings (SSSR count). The lowest BCUT2D eigenvalue weighted by atomic mass is 10.1. The van der Waals surface area contributed by atoms with E-state index in [4.69, 9.17) is 0 Å². The number of carbonyl (C=O) groups is 1. The third-order valence-electron chi connectivity index (χ3n) is 3.60. The van der Waals surface area contributed by atoms with Crippen LogP contribution in [0, 0.1) is 0 Å². The van der Waals surface area contributed by atoms with Gasteiger partial charge in [0.25, 0.3) is 5.91 Å². The van der Waals surface area contributed by atoms with Gasteiger partial charge in [0.15, 0.2) is 6.10 Å². The first kappa shape index (κ1) is 16.4. The molecule has 0 saturated carbocycles. The van der Waals surface area contributed by atoms with Crippen molar-refractivity contribution in [3.8, 4) is 0 Å². The molecule has 0 aliphatic carbocycles. The molecule has 0 aromatic heterocycles. The number of hydrazone groups is 1. The van der Waals surface area contributed by atoms with Crippen LogP contribution in [0.2, 0.25) is 0 Å². The second-order valence-corrected chi connectivity index (χ2v) is 6.21. The third kappa shape index (κ3) is 3.88. The van der Waals surface area contributed by atoms with Crippen LogP contribution in [0.15, 0.2) is 76.3 Å². The Morgan fingerprint density at radius 3 is 2.50 bits per heavy atom. The van der Waals surface area contributed by atoms with Crippen molar-refractivity contribution in [1.82, 2.24) is 5.43 Å². The highest BCUT2D eigenvalue weighted by atomic mass is 79.9. The van der Waals surface area contributed by atoms with E-state index in [1.807, 2.05) is 42.5 Å². The summed E-state index contributed by atoms with van der Waals surface area (Å²) in [6.45, 7) is 0. The summed E-state index contributed by atoms with van der Waals surface area (Å²) in [6, 6.07) is 20.8. The summed E-state index contributed by atoms with van der Waals surface area (Å²) in [7, 11) is 0. The summed E-state index contributed by atoms with van der Waals surface area (Å²) in [5, 5.41) is 16.2. The maximum absolute atomic E-state index is 11.9. The predicted molar refractivity (Wildman–Crippen MR) is 98.8 cm³/mol. The van der Waals surface area contributed by atoms with Crippen LogP contribution >= 0.6 is 15.9 Å². The Morgan fingerprint density at radius 1 is 1.04 bits per heavy atom. The van der Waals surface area contributed by atoms with Gasteiger partial charge in [0, 0.05) is 4.47 Å². The Hall–Kier alpha value is -2.50. The number of nitrogens with one attached hydrogen (secondary N) is 1. The van der Waals surface area contributed by atoms with Crippen molar-refractivity contribution in [2.24, 2.45) is 5.10 Å². The highest BCUT2D eigenvalue weighted by Gasteiger charge is 2.16. The van der Waals surface area contributed by atoms with Gasteiger partial charge in [-0.05, 0) is 40.1 Å². The van der Waals surface area contributed by atoms with E-state index < -0.39 is 12.0 Å². The Kier molecular flexibility index (Phi) is 5.03. The van der Waals surface area contributed by atoms with Crippen molar-refractivity contribution in [3.05, 3.63) is 82.3 Å². The lowest BCUT2D eigenvalue weighted by Gasteiger charge is -2.09. The van der Waals surface area contributed by atoms with Crippen LogP contribution < -0.4 is 5.43 Å². The lowest BCUT2D eigenvalue weighted by Crippen LogP contribution is -2.25. The molecule has 0 saturated heterocycles. The highest BCUT2D eigenvalue weighted by molar-refractivity contribution is 9.10. The Morgan fingerprint density at radius 2 is 1.75 bits per heavy atom. The van der Waals surface area contributed by atoms with Crippen LogP contribution in [-0.2, 0) is 4.79 Å². The average molecular weight is 383 g/mol. The first-order chi connectivity index (χ1) is 11.6. The minimum atomic E-state index is -1.26. The smallest absolute Gasteiger partial charge is 0.273 e. The fraction of sp³-hybridized carbons (Fsp3) is 0.0526. The zero-order valence-electron chi connectivity index (χ0n) is 12.7. The molecule has 0 heterocycles. The number of halogens is 1. The molecule has 0 bridgehead atoms. The number of aliphatic hydroxyl groups is 1. The molecule has 3 aromatic rings. The number of fused-ring (bicyclic) bond motifs is 1. The monoisotopic (exact) mass is 382 g/mol. The SMILES string of the molecule is O=C(NN=Cc1ccc2ccccc2c1)C(O)c1ccc(Br)cc1. The fourth-order valence-corrected chi connectivity index (χ4v) is 2.58. The molecule has 120 valence electrons.